The Bertz CT molecular complexity index is 566. The summed E-state index contributed by atoms with van der Waals surface area (Å²) < 4.78 is 0.815. The van der Waals surface area contributed by atoms with E-state index in [1.807, 2.05) is 42.5 Å². The van der Waals surface area contributed by atoms with Crippen molar-refractivity contribution >= 4 is 21.7 Å². The van der Waals surface area contributed by atoms with Gasteiger partial charge < -0.3 is 5.11 Å². The van der Waals surface area contributed by atoms with Crippen LogP contribution in [0.15, 0.2) is 59.1 Å². The summed E-state index contributed by atoms with van der Waals surface area (Å²) >= 11 is 3.40. The topological polar surface area (TPSA) is 37.3 Å². The molecule has 0 aliphatic rings. The van der Waals surface area contributed by atoms with Gasteiger partial charge in [0.2, 0.25) is 0 Å². The SMILES string of the molecule is C[C@H](C(=O)c1ccccc1)[C@@H](O)c1ccccc1Br. The van der Waals surface area contributed by atoms with E-state index in [1.165, 1.54) is 0 Å². The number of hydrogen-bond donors (Lipinski definition) is 1. The van der Waals surface area contributed by atoms with Crippen LogP contribution in [0.3, 0.4) is 0 Å². The van der Waals surface area contributed by atoms with Crippen LogP contribution in [0.2, 0.25) is 0 Å². The quantitative estimate of drug-likeness (QED) is 0.865. The molecule has 0 aromatic heterocycles. The molecule has 0 heterocycles. The Balaban J connectivity index is 2.23. The molecule has 2 rings (SSSR count). The van der Waals surface area contributed by atoms with Crippen LogP contribution >= 0.6 is 15.9 Å². The van der Waals surface area contributed by atoms with E-state index in [-0.39, 0.29) is 5.78 Å². The molecule has 0 radical (unpaired) electrons. The summed E-state index contributed by atoms with van der Waals surface area (Å²) in [5.41, 5.74) is 1.36. The largest absolute Gasteiger partial charge is 0.388 e. The Hall–Kier alpha value is -1.45. The van der Waals surface area contributed by atoms with E-state index >= 15 is 0 Å². The van der Waals surface area contributed by atoms with E-state index in [9.17, 15) is 9.90 Å². The van der Waals surface area contributed by atoms with Crippen molar-refractivity contribution in [3.63, 3.8) is 0 Å². The molecule has 3 heteroatoms. The molecule has 98 valence electrons. The molecule has 0 spiro atoms. The molecular formula is C16H15BrO2. The number of carbonyl (C=O) groups is 1. The van der Waals surface area contributed by atoms with Crippen molar-refractivity contribution in [3.05, 3.63) is 70.2 Å². The van der Waals surface area contributed by atoms with Crippen LogP contribution in [0.1, 0.15) is 28.9 Å². The summed E-state index contributed by atoms with van der Waals surface area (Å²) in [6, 6.07) is 16.5. The van der Waals surface area contributed by atoms with Crippen molar-refractivity contribution in [2.45, 2.75) is 13.0 Å². The molecule has 0 saturated carbocycles. The summed E-state index contributed by atoms with van der Waals surface area (Å²) in [7, 11) is 0. The highest BCUT2D eigenvalue weighted by atomic mass is 79.9. The highest BCUT2D eigenvalue weighted by Crippen LogP contribution is 2.30. The second-order valence-electron chi connectivity index (χ2n) is 4.49. The molecule has 1 N–H and O–H groups in total. The normalized spacial score (nSPS) is 13.8. The second-order valence-corrected chi connectivity index (χ2v) is 5.34. The third-order valence-corrected chi connectivity index (χ3v) is 3.89. The van der Waals surface area contributed by atoms with Gasteiger partial charge in [-0.15, -0.1) is 0 Å². The number of rotatable bonds is 4. The van der Waals surface area contributed by atoms with Crippen molar-refractivity contribution in [3.8, 4) is 0 Å². The predicted octanol–water partition coefficient (Wildman–Crippen LogP) is 4.00. The van der Waals surface area contributed by atoms with Crippen LogP contribution in [-0.4, -0.2) is 10.9 Å². The van der Waals surface area contributed by atoms with Crippen LogP contribution in [0.25, 0.3) is 0 Å². The van der Waals surface area contributed by atoms with E-state index in [1.54, 1.807) is 19.1 Å². The Morgan fingerprint density at radius 1 is 1.05 bits per heavy atom. The first-order valence-electron chi connectivity index (χ1n) is 6.13. The highest BCUT2D eigenvalue weighted by molar-refractivity contribution is 9.10. The van der Waals surface area contributed by atoms with Crippen molar-refractivity contribution < 1.29 is 9.90 Å². The zero-order valence-corrected chi connectivity index (χ0v) is 12.2. The standard InChI is InChI=1S/C16H15BrO2/c1-11(15(18)12-7-3-2-4-8-12)16(19)13-9-5-6-10-14(13)17/h2-11,16,19H,1H3/t11-,16-/m1/s1. The van der Waals surface area contributed by atoms with Gasteiger partial charge >= 0.3 is 0 Å². The molecular weight excluding hydrogens is 304 g/mol. The van der Waals surface area contributed by atoms with Gasteiger partial charge in [-0.2, -0.15) is 0 Å². The van der Waals surface area contributed by atoms with E-state index < -0.39 is 12.0 Å². The highest BCUT2D eigenvalue weighted by Gasteiger charge is 2.25. The molecule has 0 aliphatic heterocycles. The summed E-state index contributed by atoms with van der Waals surface area (Å²) in [6.45, 7) is 1.75. The number of halogens is 1. The maximum Gasteiger partial charge on any atom is 0.168 e. The number of hydrogen-bond acceptors (Lipinski definition) is 2. The number of Topliss-reactive ketones (excluding diaryl/α,β-unsaturated/α-hetero) is 1. The maximum absolute atomic E-state index is 12.3. The minimum Gasteiger partial charge on any atom is -0.388 e. The van der Waals surface area contributed by atoms with Crippen molar-refractivity contribution in [2.24, 2.45) is 5.92 Å². The zero-order valence-electron chi connectivity index (χ0n) is 10.6. The van der Waals surface area contributed by atoms with Crippen LogP contribution < -0.4 is 0 Å². The van der Waals surface area contributed by atoms with E-state index in [0.29, 0.717) is 5.56 Å². The van der Waals surface area contributed by atoms with Crippen molar-refractivity contribution in [2.75, 3.05) is 0 Å². The number of ketones is 1. The lowest BCUT2D eigenvalue weighted by atomic mass is 9.90. The molecule has 2 atom stereocenters. The Labute approximate surface area is 121 Å². The van der Waals surface area contributed by atoms with E-state index in [0.717, 1.165) is 10.0 Å². The number of carbonyl (C=O) groups excluding carboxylic acids is 1. The van der Waals surface area contributed by atoms with E-state index in [2.05, 4.69) is 15.9 Å². The third-order valence-electron chi connectivity index (χ3n) is 3.17. The summed E-state index contributed by atoms with van der Waals surface area (Å²) in [5, 5.41) is 10.4. The molecule has 2 nitrogen and oxygen atoms in total. The summed E-state index contributed by atoms with van der Waals surface area (Å²) in [5.74, 6) is -0.537. The molecule has 0 bridgehead atoms. The molecule has 0 fully saturated rings. The first kappa shape index (κ1) is 14.0. The van der Waals surface area contributed by atoms with Gasteiger partial charge in [-0.05, 0) is 11.6 Å². The minimum absolute atomic E-state index is 0.0520. The van der Waals surface area contributed by atoms with Gasteiger partial charge in [-0.3, -0.25) is 4.79 Å². The smallest absolute Gasteiger partial charge is 0.168 e. The average Bonchev–Trinajstić information content (AvgIpc) is 2.46. The number of aliphatic hydroxyl groups excluding tert-OH is 1. The molecule has 2 aromatic rings. The molecule has 2 aromatic carbocycles. The predicted molar refractivity (Wildman–Crippen MR) is 79.0 cm³/mol. The van der Waals surface area contributed by atoms with Gasteiger partial charge in [-0.25, -0.2) is 0 Å². The monoisotopic (exact) mass is 318 g/mol. The minimum atomic E-state index is -0.816. The third kappa shape index (κ3) is 3.11. The zero-order chi connectivity index (χ0) is 13.8. The van der Waals surface area contributed by atoms with Gasteiger partial charge in [0, 0.05) is 16.0 Å². The lowest BCUT2D eigenvalue weighted by Gasteiger charge is -2.19. The molecule has 0 unspecified atom stereocenters. The van der Waals surface area contributed by atoms with Crippen LogP contribution in [-0.2, 0) is 0 Å². The fourth-order valence-corrected chi connectivity index (χ4v) is 2.51. The van der Waals surface area contributed by atoms with E-state index in [4.69, 9.17) is 0 Å². The first-order valence-corrected chi connectivity index (χ1v) is 6.92. The number of benzene rings is 2. The molecule has 0 aliphatic carbocycles. The van der Waals surface area contributed by atoms with Crippen molar-refractivity contribution in [1.82, 2.24) is 0 Å². The van der Waals surface area contributed by atoms with Gasteiger partial charge in [0.25, 0.3) is 0 Å². The first-order chi connectivity index (χ1) is 9.11. The molecule has 19 heavy (non-hydrogen) atoms. The fraction of sp³-hybridized carbons (Fsp3) is 0.188. The summed E-state index contributed by atoms with van der Waals surface area (Å²) in [6.07, 6.45) is -0.816. The lowest BCUT2D eigenvalue weighted by molar-refractivity contribution is 0.0712. The Morgan fingerprint density at radius 2 is 1.63 bits per heavy atom. The average molecular weight is 319 g/mol. The maximum atomic E-state index is 12.3. The lowest BCUT2D eigenvalue weighted by Crippen LogP contribution is -2.19. The van der Waals surface area contributed by atoms with Crippen LogP contribution in [0.4, 0.5) is 0 Å². The second kappa shape index (κ2) is 6.13. The van der Waals surface area contributed by atoms with Gasteiger partial charge in [-0.1, -0.05) is 71.4 Å². The van der Waals surface area contributed by atoms with Crippen LogP contribution in [0.5, 0.6) is 0 Å². The van der Waals surface area contributed by atoms with Gasteiger partial charge in [0.15, 0.2) is 5.78 Å². The number of aliphatic hydroxyl groups is 1. The Morgan fingerprint density at radius 3 is 2.26 bits per heavy atom. The van der Waals surface area contributed by atoms with Crippen molar-refractivity contribution in [1.29, 1.82) is 0 Å². The molecule has 0 saturated heterocycles. The van der Waals surface area contributed by atoms with Gasteiger partial charge in [0.1, 0.15) is 0 Å². The summed E-state index contributed by atoms with van der Waals surface area (Å²) in [4.78, 5) is 12.3. The Kier molecular flexibility index (Phi) is 4.51. The molecule has 0 amide bonds. The van der Waals surface area contributed by atoms with Gasteiger partial charge in [0.05, 0.1) is 6.10 Å². The fourth-order valence-electron chi connectivity index (χ4n) is 1.99. The van der Waals surface area contributed by atoms with Crippen LogP contribution in [0, 0.1) is 5.92 Å².